The molecule has 12 heavy (non-hydrogen) atoms. The molecule has 1 saturated heterocycles. The Morgan fingerprint density at radius 1 is 1.50 bits per heavy atom. The van der Waals surface area contributed by atoms with E-state index >= 15 is 0 Å². The molecule has 1 aliphatic heterocycles. The second-order valence-electron chi connectivity index (χ2n) is 3.12. The number of aliphatic carboxylic acids is 1. The first-order valence-corrected chi connectivity index (χ1v) is 5.33. The van der Waals surface area contributed by atoms with Crippen LogP contribution in [0.25, 0.3) is 0 Å². The Bertz CT molecular complexity index is 183. The van der Waals surface area contributed by atoms with E-state index in [0.29, 0.717) is 5.92 Å². The highest BCUT2D eigenvalue weighted by Gasteiger charge is 2.17. The fourth-order valence-electron chi connectivity index (χ4n) is 1.44. The van der Waals surface area contributed by atoms with Crippen LogP contribution in [0.1, 0.15) is 19.3 Å². The number of thioether (sulfide) groups is 1. The molecule has 68 valence electrons. The zero-order valence-corrected chi connectivity index (χ0v) is 7.90. The quantitative estimate of drug-likeness (QED) is 0.686. The van der Waals surface area contributed by atoms with Crippen molar-refractivity contribution in [2.45, 2.75) is 19.3 Å². The number of rotatable bonds is 3. The molecule has 0 radical (unpaired) electrons. The van der Waals surface area contributed by atoms with E-state index in [2.05, 4.69) is 6.58 Å². The first-order valence-electron chi connectivity index (χ1n) is 4.17. The maximum atomic E-state index is 10.4. The lowest BCUT2D eigenvalue weighted by molar-refractivity contribution is -0.136. The van der Waals surface area contributed by atoms with Gasteiger partial charge in [-0.05, 0) is 30.3 Å². The van der Waals surface area contributed by atoms with E-state index in [1.807, 2.05) is 11.8 Å². The van der Waals surface area contributed by atoms with Crippen LogP contribution in [0.2, 0.25) is 0 Å². The van der Waals surface area contributed by atoms with E-state index < -0.39 is 5.97 Å². The van der Waals surface area contributed by atoms with Gasteiger partial charge in [-0.15, -0.1) is 0 Å². The smallest absolute Gasteiger partial charge is 0.307 e. The van der Waals surface area contributed by atoms with Crippen molar-refractivity contribution in [2.75, 3.05) is 11.5 Å². The van der Waals surface area contributed by atoms with Crippen LogP contribution >= 0.6 is 11.8 Å². The second kappa shape index (κ2) is 4.55. The van der Waals surface area contributed by atoms with E-state index in [-0.39, 0.29) is 6.42 Å². The summed E-state index contributed by atoms with van der Waals surface area (Å²) < 4.78 is 0. The van der Waals surface area contributed by atoms with E-state index in [1.54, 1.807) is 0 Å². The molecule has 0 unspecified atom stereocenters. The van der Waals surface area contributed by atoms with Gasteiger partial charge in [0, 0.05) is 0 Å². The zero-order chi connectivity index (χ0) is 8.97. The SMILES string of the molecule is C=C(CC(=O)O)C1CCSCC1. The summed E-state index contributed by atoms with van der Waals surface area (Å²) >= 11 is 1.95. The van der Waals surface area contributed by atoms with Gasteiger partial charge in [-0.25, -0.2) is 0 Å². The summed E-state index contributed by atoms with van der Waals surface area (Å²) in [5, 5.41) is 8.55. The average Bonchev–Trinajstić information content (AvgIpc) is 2.05. The van der Waals surface area contributed by atoms with Gasteiger partial charge in [0.1, 0.15) is 0 Å². The van der Waals surface area contributed by atoms with Crippen molar-refractivity contribution < 1.29 is 9.90 Å². The molecule has 0 amide bonds. The molecule has 0 aliphatic carbocycles. The standard InChI is InChI=1S/C9H14O2S/c1-7(6-9(10)11)8-2-4-12-5-3-8/h8H,1-6H2,(H,10,11). The molecule has 0 bridgehead atoms. The van der Waals surface area contributed by atoms with E-state index in [1.165, 1.54) is 0 Å². The number of carboxylic acids is 1. The highest BCUT2D eigenvalue weighted by molar-refractivity contribution is 7.99. The van der Waals surface area contributed by atoms with Crippen LogP contribution in [-0.2, 0) is 4.79 Å². The summed E-state index contributed by atoms with van der Waals surface area (Å²) in [6, 6.07) is 0. The van der Waals surface area contributed by atoms with Crippen LogP contribution < -0.4 is 0 Å². The Morgan fingerprint density at radius 2 is 2.08 bits per heavy atom. The molecule has 0 saturated carbocycles. The summed E-state index contributed by atoms with van der Waals surface area (Å²) in [7, 11) is 0. The van der Waals surface area contributed by atoms with Gasteiger partial charge in [0.15, 0.2) is 0 Å². The predicted molar refractivity (Wildman–Crippen MR) is 51.4 cm³/mol. The van der Waals surface area contributed by atoms with Gasteiger partial charge in [-0.2, -0.15) is 11.8 Å². The summed E-state index contributed by atoms with van der Waals surface area (Å²) in [6.07, 6.45) is 2.36. The molecule has 2 nitrogen and oxygen atoms in total. The number of carbonyl (C=O) groups is 1. The first-order chi connectivity index (χ1) is 5.70. The molecule has 3 heteroatoms. The molecule has 0 atom stereocenters. The minimum Gasteiger partial charge on any atom is -0.481 e. The van der Waals surface area contributed by atoms with Gasteiger partial charge >= 0.3 is 5.97 Å². The van der Waals surface area contributed by atoms with Crippen molar-refractivity contribution >= 4 is 17.7 Å². The average molecular weight is 186 g/mol. The molecule has 0 aromatic carbocycles. The van der Waals surface area contributed by atoms with Crippen LogP contribution in [-0.4, -0.2) is 22.6 Å². The largest absolute Gasteiger partial charge is 0.481 e. The van der Waals surface area contributed by atoms with Crippen molar-refractivity contribution in [1.82, 2.24) is 0 Å². The minimum absolute atomic E-state index is 0.148. The Kier molecular flexibility index (Phi) is 3.66. The van der Waals surface area contributed by atoms with Crippen LogP contribution in [0, 0.1) is 5.92 Å². The van der Waals surface area contributed by atoms with Gasteiger partial charge in [0.05, 0.1) is 6.42 Å². The molecular formula is C9H14O2S. The highest BCUT2D eigenvalue weighted by atomic mass is 32.2. The Balaban J connectivity index is 2.34. The third-order valence-electron chi connectivity index (χ3n) is 2.18. The summed E-state index contributed by atoms with van der Waals surface area (Å²) in [4.78, 5) is 10.4. The minimum atomic E-state index is -0.752. The Labute approximate surface area is 77.0 Å². The van der Waals surface area contributed by atoms with Gasteiger partial charge in [-0.1, -0.05) is 12.2 Å². The van der Waals surface area contributed by atoms with E-state index in [9.17, 15) is 4.79 Å². The maximum Gasteiger partial charge on any atom is 0.307 e. The lowest BCUT2D eigenvalue weighted by Crippen LogP contribution is -2.13. The normalized spacial score (nSPS) is 19.0. The Hall–Kier alpha value is -0.440. The summed E-state index contributed by atoms with van der Waals surface area (Å²) in [6.45, 7) is 3.83. The zero-order valence-electron chi connectivity index (χ0n) is 7.08. The van der Waals surface area contributed by atoms with Gasteiger partial charge in [-0.3, -0.25) is 4.79 Å². The van der Waals surface area contributed by atoms with Crippen molar-refractivity contribution in [3.8, 4) is 0 Å². The number of carboxylic acid groups (broad SMARTS) is 1. The van der Waals surface area contributed by atoms with Crippen molar-refractivity contribution in [2.24, 2.45) is 5.92 Å². The summed E-state index contributed by atoms with van der Waals surface area (Å²) in [5.41, 5.74) is 0.905. The lowest BCUT2D eigenvalue weighted by Gasteiger charge is -2.22. The molecule has 1 N–H and O–H groups in total. The molecule has 1 fully saturated rings. The first kappa shape index (κ1) is 9.65. The highest BCUT2D eigenvalue weighted by Crippen LogP contribution is 2.29. The fraction of sp³-hybridized carbons (Fsp3) is 0.667. The third kappa shape index (κ3) is 2.89. The van der Waals surface area contributed by atoms with Crippen LogP contribution in [0.5, 0.6) is 0 Å². The molecule has 1 rings (SSSR count). The van der Waals surface area contributed by atoms with Crippen molar-refractivity contribution in [1.29, 1.82) is 0 Å². The lowest BCUT2D eigenvalue weighted by atomic mass is 9.92. The topological polar surface area (TPSA) is 37.3 Å². The van der Waals surface area contributed by atoms with Crippen molar-refractivity contribution in [3.05, 3.63) is 12.2 Å². The molecule has 0 aromatic rings. The van der Waals surface area contributed by atoms with Crippen LogP contribution in [0.3, 0.4) is 0 Å². The summed E-state index contributed by atoms with van der Waals surface area (Å²) in [5.74, 6) is 2.02. The van der Waals surface area contributed by atoms with Gasteiger partial charge < -0.3 is 5.11 Å². The predicted octanol–water partition coefficient (Wildman–Crippen LogP) is 2.16. The van der Waals surface area contributed by atoms with E-state index in [0.717, 1.165) is 29.9 Å². The Morgan fingerprint density at radius 3 is 2.58 bits per heavy atom. The molecule has 1 heterocycles. The molecule has 1 aliphatic rings. The molecular weight excluding hydrogens is 172 g/mol. The van der Waals surface area contributed by atoms with Gasteiger partial charge in [0.25, 0.3) is 0 Å². The maximum absolute atomic E-state index is 10.4. The second-order valence-corrected chi connectivity index (χ2v) is 4.34. The van der Waals surface area contributed by atoms with Crippen LogP contribution in [0.15, 0.2) is 12.2 Å². The monoisotopic (exact) mass is 186 g/mol. The number of hydrogen-bond acceptors (Lipinski definition) is 2. The van der Waals surface area contributed by atoms with Gasteiger partial charge in [0.2, 0.25) is 0 Å². The number of hydrogen-bond donors (Lipinski definition) is 1. The van der Waals surface area contributed by atoms with Crippen molar-refractivity contribution in [3.63, 3.8) is 0 Å². The van der Waals surface area contributed by atoms with Crippen LogP contribution in [0.4, 0.5) is 0 Å². The van der Waals surface area contributed by atoms with E-state index in [4.69, 9.17) is 5.11 Å². The molecule has 0 spiro atoms. The fourth-order valence-corrected chi connectivity index (χ4v) is 2.55. The third-order valence-corrected chi connectivity index (χ3v) is 3.23. The molecule has 0 aromatic heterocycles.